The molecule has 6 heteroatoms. The van der Waals surface area contributed by atoms with Crippen LogP contribution in [0, 0.1) is 6.92 Å². The number of anilines is 1. The number of aromatic nitrogens is 2. The van der Waals surface area contributed by atoms with Gasteiger partial charge in [0.1, 0.15) is 22.8 Å². The fourth-order valence-corrected chi connectivity index (χ4v) is 1.60. The second-order valence-electron chi connectivity index (χ2n) is 4.37. The summed E-state index contributed by atoms with van der Waals surface area (Å²) in [6.07, 6.45) is -0.135. The molecule has 18 heavy (non-hydrogen) atoms. The third kappa shape index (κ3) is 3.84. The maximum atomic E-state index is 11.8. The number of likely N-dealkylation sites (N-methyl/N-ethyl adjacent to an activating group) is 1. The van der Waals surface area contributed by atoms with Crippen LogP contribution in [0.5, 0.6) is 0 Å². The summed E-state index contributed by atoms with van der Waals surface area (Å²) in [6.45, 7) is 7.14. The van der Waals surface area contributed by atoms with Crippen molar-refractivity contribution in [2.24, 2.45) is 0 Å². The number of carbonyl (C=O) groups is 1. The molecule has 0 N–H and O–H groups in total. The molecule has 1 unspecified atom stereocenters. The average Bonchev–Trinajstić information content (AvgIpc) is 2.24. The van der Waals surface area contributed by atoms with E-state index in [0.29, 0.717) is 16.8 Å². The van der Waals surface area contributed by atoms with Gasteiger partial charge in [-0.15, -0.1) is 0 Å². The molecule has 1 heterocycles. The number of halogens is 1. The molecule has 1 rings (SSSR count). The van der Waals surface area contributed by atoms with Crippen molar-refractivity contribution in [3.05, 3.63) is 17.0 Å². The second-order valence-corrected chi connectivity index (χ2v) is 4.76. The topological polar surface area (TPSA) is 55.3 Å². The highest BCUT2D eigenvalue weighted by molar-refractivity contribution is 6.29. The van der Waals surface area contributed by atoms with Crippen LogP contribution >= 0.6 is 11.6 Å². The van der Waals surface area contributed by atoms with Crippen LogP contribution in [-0.4, -0.2) is 35.1 Å². The molecular weight excluding hydrogens is 254 g/mol. The zero-order chi connectivity index (χ0) is 13.9. The zero-order valence-electron chi connectivity index (χ0n) is 11.3. The third-order valence-corrected chi connectivity index (χ3v) is 2.62. The van der Waals surface area contributed by atoms with E-state index >= 15 is 0 Å². The Morgan fingerprint density at radius 1 is 1.39 bits per heavy atom. The monoisotopic (exact) mass is 271 g/mol. The minimum absolute atomic E-state index is 0.135. The minimum atomic E-state index is -0.433. The summed E-state index contributed by atoms with van der Waals surface area (Å²) in [5.74, 6) is 0.870. The molecular formula is C12H18ClN3O2. The first-order chi connectivity index (χ1) is 8.31. The number of rotatable bonds is 4. The molecule has 0 saturated carbocycles. The van der Waals surface area contributed by atoms with Crippen molar-refractivity contribution in [2.45, 2.75) is 39.8 Å². The maximum Gasteiger partial charge on any atom is 0.328 e. The predicted molar refractivity (Wildman–Crippen MR) is 70.9 cm³/mol. The van der Waals surface area contributed by atoms with Crippen LogP contribution in [0.1, 0.15) is 26.6 Å². The number of nitrogens with zero attached hydrogens (tertiary/aromatic N) is 3. The van der Waals surface area contributed by atoms with E-state index in [4.69, 9.17) is 16.3 Å². The van der Waals surface area contributed by atoms with Crippen molar-refractivity contribution in [1.29, 1.82) is 0 Å². The van der Waals surface area contributed by atoms with E-state index in [2.05, 4.69) is 9.97 Å². The number of aryl methyl sites for hydroxylation is 1. The van der Waals surface area contributed by atoms with Crippen molar-refractivity contribution in [3.8, 4) is 0 Å². The van der Waals surface area contributed by atoms with E-state index in [9.17, 15) is 4.79 Å². The van der Waals surface area contributed by atoms with Gasteiger partial charge in [0.15, 0.2) is 0 Å². The van der Waals surface area contributed by atoms with Gasteiger partial charge < -0.3 is 9.64 Å². The molecule has 0 spiro atoms. The molecule has 0 aliphatic rings. The number of hydrogen-bond donors (Lipinski definition) is 0. The van der Waals surface area contributed by atoms with Crippen LogP contribution in [0.2, 0.25) is 5.15 Å². The van der Waals surface area contributed by atoms with Crippen LogP contribution in [0.25, 0.3) is 0 Å². The van der Waals surface area contributed by atoms with E-state index in [1.54, 1.807) is 31.9 Å². The lowest BCUT2D eigenvalue weighted by Gasteiger charge is -2.25. The Bertz CT molecular complexity index is 417. The van der Waals surface area contributed by atoms with Gasteiger partial charge in [0.05, 0.1) is 6.10 Å². The summed E-state index contributed by atoms with van der Waals surface area (Å²) in [4.78, 5) is 21.7. The van der Waals surface area contributed by atoms with Crippen LogP contribution in [0.15, 0.2) is 6.07 Å². The molecule has 0 bridgehead atoms. The van der Waals surface area contributed by atoms with Crippen molar-refractivity contribution >= 4 is 23.4 Å². The lowest BCUT2D eigenvalue weighted by atomic mass is 10.3. The van der Waals surface area contributed by atoms with Crippen LogP contribution in [0.3, 0.4) is 0 Å². The molecule has 0 aliphatic carbocycles. The van der Waals surface area contributed by atoms with Gasteiger partial charge in [-0.05, 0) is 27.7 Å². The lowest BCUT2D eigenvalue weighted by molar-refractivity contribution is -0.148. The Morgan fingerprint density at radius 2 is 2.00 bits per heavy atom. The lowest BCUT2D eigenvalue weighted by Crippen LogP contribution is -2.38. The predicted octanol–water partition coefficient (Wildman–Crippen LogP) is 2.21. The van der Waals surface area contributed by atoms with Gasteiger partial charge in [0.2, 0.25) is 0 Å². The van der Waals surface area contributed by atoms with Crippen molar-refractivity contribution < 1.29 is 9.53 Å². The number of carbonyl (C=O) groups excluding carboxylic acids is 1. The molecule has 1 aromatic heterocycles. The standard InChI is InChI=1S/C12H18ClN3O2/c1-7(2)18-12(17)8(3)16(5)11-6-10(13)14-9(4)15-11/h6-8H,1-5H3. The molecule has 0 radical (unpaired) electrons. The van der Waals surface area contributed by atoms with Gasteiger partial charge >= 0.3 is 5.97 Å². The highest BCUT2D eigenvalue weighted by Crippen LogP contribution is 2.17. The summed E-state index contributed by atoms with van der Waals surface area (Å²) in [5, 5.41) is 0.355. The summed E-state index contributed by atoms with van der Waals surface area (Å²) in [5.41, 5.74) is 0. The molecule has 0 aliphatic heterocycles. The minimum Gasteiger partial charge on any atom is -0.461 e. The van der Waals surface area contributed by atoms with E-state index < -0.39 is 6.04 Å². The third-order valence-electron chi connectivity index (χ3n) is 2.43. The summed E-state index contributed by atoms with van der Waals surface area (Å²) in [6, 6.07) is 1.19. The Hall–Kier alpha value is -1.36. The van der Waals surface area contributed by atoms with Gasteiger partial charge in [-0.3, -0.25) is 0 Å². The molecule has 5 nitrogen and oxygen atoms in total. The number of hydrogen-bond acceptors (Lipinski definition) is 5. The quantitative estimate of drug-likeness (QED) is 0.621. The normalized spacial score (nSPS) is 12.4. The number of esters is 1. The SMILES string of the molecule is Cc1nc(Cl)cc(N(C)C(C)C(=O)OC(C)C)n1. The molecule has 1 atom stereocenters. The first-order valence-corrected chi connectivity index (χ1v) is 6.13. The largest absolute Gasteiger partial charge is 0.461 e. The fraction of sp³-hybridized carbons (Fsp3) is 0.583. The van der Waals surface area contributed by atoms with Gasteiger partial charge in [0, 0.05) is 13.1 Å². The van der Waals surface area contributed by atoms with Gasteiger partial charge in [-0.2, -0.15) is 0 Å². The summed E-state index contributed by atoms with van der Waals surface area (Å²) in [7, 11) is 1.77. The smallest absolute Gasteiger partial charge is 0.328 e. The van der Waals surface area contributed by atoms with Gasteiger partial charge in [0.25, 0.3) is 0 Å². The average molecular weight is 272 g/mol. The van der Waals surface area contributed by atoms with E-state index in [1.807, 2.05) is 13.8 Å². The Balaban J connectivity index is 2.85. The summed E-state index contributed by atoms with van der Waals surface area (Å²) >= 11 is 5.87. The Labute approximate surface area is 112 Å². The molecule has 0 amide bonds. The maximum absolute atomic E-state index is 11.8. The highest BCUT2D eigenvalue weighted by Gasteiger charge is 2.22. The number of ether oxygens (including phenoxy) is 1. The highest BCUT2D eigenvalue weighted by atomic mass is 35.5. The van der Waals surface area contributed by atoms with Crippen molar-refractivity contribution in [2.75, 3.05) is 11.9 Å². The van der Waals surface area contributed by atoms with Crippen LogP contribution in [-0.2, 0) is 9.53 Å². The molecule has 0 saturated heterocycles. The Kier molecular flexibility index (Phi) is 4.90. The van der Waals surface area contributed by atoms with Crippen molar-refractivity contribution in [1.82, 2.24) is 9.97 Å². The molecule has 1 aromatic rings. The van der Waals surface area contributed by atoms with E-state index in [0.717, 1.165) is 0 Å². The van der Waals surface area contributed by atoms with Gasteiger partial charge in [-0.25, -0.2) is 14.8 Å². The fourth-order valence-electron chi connectivity index (χ4n) is 1.38. The van der Waals surface area contributed by atoms with Crippen molar-refractivity contribution in [3.63, 3.8) is 0 Å². The second kappa shape index (κ2) is 6.00. The first-order valence-electron chi connectivity index (χ1n) is 5.75. The van der Waals surface area contributed by atoms with Crippen LogP contribution in [0.4, 0.5) is 5.82 Å². The molecule has 100 valence electrons. The molecule has 0 aromatic carbocycles. The summed E-state index contributed by atoms with van der Waals surface area (Å²) < 4.78 is 5.16. The first kappa shape index (κ1) is 14.7. The van der Waals surface area contributed by atoms with E-state index in [-0.39, 0.29) is 12.1 Å². The molecule has 0 fully saturated rings. The van der Waals surface area contributed by atoms with Gasteiger partial charge in [-0.1, -0.05) is 11.6 Å². The zero-order valence-corrected chi connectivity index (χ0v) is 12.0. The van der Waals surface area contributed by atoms with E-state index in [1.165, 1.54) is 0 Å². The Morgan fingerprint density at radius 3 is 2.50 bits per heavy atom. The van der Waals surface area contributed by atoms with Crippen LogP contribution < -0.4 is 4.90 Å².